The number of ether oxygens (including phenoxy) is 1. The summed E-state index contributed by atoms with van der Waals surface area (Å²) in [6.07, 6.45) is 1.50. The molecule has 4 nitrogen and oxygen atoms in total. The van der Waals surface area contributed by atoms with Crippen LogP contribution in [-0.2, 0) is 22.6 Å². The lowest BCUT2D eigenvalue weighted by Gasteiger charge is -2.31. The molecule has 0 bridgehead atoms. The van der Waals surface area contributed by atoms with Gasteiger partial charge in [0.2, 0.25) is 0 Å². The lowest BCUT2D eigenvalue weighted by Crippen LogP contribution is -2.37. The number of carbonyl (C=O) groups is 1. The molecule has 4 heteroatoms. The zero-order chi connectivity index (χ0) is 20.4. The van der Waals surface area contributed by atoms with Gasteiger partial charge in [0.05, 0.1) is 18.6 Å². The zero-order valence-corrected chi connectivity index (χ0v) is 17.3. The highest BCUT2D eigenvalue weighted by Gasteiger charge is 2.23. The summed E-state index contributed by atoms with van der Waals surface area (Å²) in [5.41, 5.74) is 1.95. The minimum atomic E-state index is -0.483. The Morgan fingerprint density at radius 2 is 1.46 bits per heavy atom. The predicted molar refractivity (Wildman–Crippen MR) is 113 cm³/mol. The molecule has 0 aliphatic carbocycles. The number of rotatable bonds is 10. The molecule has 0 radical (unpaired) electrons. The van der Waals surface area contributed by atoms with Crippen molar-refractivity contribution in [2.24, 2.45) is 5.41 Å². The van der Waals surface area contributed by atoms with Gasteiger partial charge in [0.15, 0.2) is 0 Å². The Kier molecular flexibility index (Phi) is 8.68. The largest absolute Gasteiger partial charge is 0.465 e. The summed E-state index contributed by atoms with van der Waals surface area (Å²) >= 11 is 0. The molecular weight excluding hydrogens is 350 g/mol. The molecule has 0 aromatic heterocycles. The molecule has 0 saturated carbocycles. The van der Waals surface area contributed by atoms with Crippen molar-refractivity contribution in [3.8, 4) is 0 Å². The van der Waals surface area contributed by atoms with Crippen LogP contribution in [0, 0.1) is 5.41 Å². The Labute approximate surface area is 169 Å². The third-order valence-corrected chi connectivity index (χ3v) is 4.71. The van der Waals surface area contributed by atoms with Crippen LogP contribution in [0.15, 0.2) is 60.7 Å². The van der Waals surface area contributed by atoms with Crippen LogP contribution in [0.1, 0.15) is 44.7 Å². The van der Waals surface area contributed by atoms with Gasteiger partial charge < -0.3 is 9.84 Å². The van der Waals surface area contributed by atoms with Crippen LogP contribution in [0.5, 0.6) is 0 Å². The van der Waals surface area contributed by atoms with E-state index in [1.165, 1.54) is 11.1 Å². The molecule has 2 aromatic rings. The van der Waals surface area contributed by atoms with Gasteiger partial charge in [-0.2, -0.15) is 0 Å². The second-order valence-corrected chi connectivity index (χ2v) is 8.24. The number of aliphatic hydroxyl groups excluding tert-OH is 1. The number of hydrogen-bond acceptors (Lipinski definition) is 4. The summed E-state index contributed by atoms with van der Waals surface area (Å²) in [5, 5.41) is 10.0. The number of nitrogens with zero attached hydrogens (tertiary/aromatic N) is 1. The van der Waals surface area contributed by atoms with Gasteiger partial charge in [-0.3, -0.25) is 9.69 Å². The van der Waals surface area contributed by atoms with Gasteiger partial charge in [-0.05, 0) is 44.7 Å². The second kappa shape index (κ2) is 11.0. The first kappa shape index (κ1) is 22.1. The predicted octanol–water partition coefficient (Wildman–Crippen LogP) is 4.42. The third kappa shape index (κ3) is 7.45. The van der Waals surface area contributed by atoms with E-state index in [1.54, 1.807) is 0 Å². The summed E-state index contributed by atoms with van der Waals surface area (Å²) in [6.45, 7) is 7.56. The van der Waals surface area contributed by atoms with E-state index in [0.717, 1.165) is 25.9 Å². The van der Waals surface area contributed by atoms with Gasteiger partial charge in [-0.1, -0.05) is 60.7 Å². The van der Waals surface area contributed by atoms with E-state index in [-0.39, 0.29) is 18.6 Å². The van der Waals surface area contributed by atoms with Crippen molar-refractivity contribution in [2.75, 3.05) is 13.2 Å². The minimum Gasteiger partial charge on any atom is -0.465 e. The molecular formula is C24H33NO3. The maximum atomic E-state index is 11.9. The average Bonchev–Trinajstić information content (AvgIpc) is 2.68. The van der Waals surface area contributed by atoms with Crippen LogP contribution in [0.25, 0.3) is 0 Å². The maximum Gasteiger partial charge on any atom is 0.311 e. The summed E-state index contributed by atoms with van der Waals surface area (Å²) in [4.78, 5) is 14.2. The van der Waals surface area contributed by atoms with Gasteiger partial charge in [-0.15, -0.1) is 0 Å². The first-order chi connectivity index (χ1) is 13.4. The van der Waals surface area contributed by atoms with Crippen LogP contribution in [0.4, 0.5) is 0 Å². The molecule has 2 rings (SSSR count). The van der Waals surface area contributed by atoms with Crippen molar-refractivity contribution in [3.05, 3.63) is 71.8 Å². The van der Waals surface area contributed by atoms with Crippen molar-refractivity contribution >= 4 is 5.97 Å². The average molecular weight is 384 g/mol. The van der Waals surface area contributed by atoms with Crippen LogP contribution in [0.2, 0.25) is 0 Å². The smallest absolute Gasteiger partial charge is 0.311 e. The first-order valence-electron chi connectivity index (χ1n) is 10.00. The number of aliphatic hydroxyl groups is 1. The van der Waals surface area contributed by atoms with Gasteiger partial charge in [0.25, 0.3) is 0 Å². The van der Waals surface area contributed by atoms with Crippen LogP contribution >= 0.6 is 0 Å². The minimum absolute atomic E-state index is 0.00810. The van der Waals surface area contributed by atoms with E-state index >= 15 is 0 Å². The van der Waals surface area contributed by atoms with E-state index in [1.807, 2.05) is 57.2 Å². The standard InChI is InChI=1S/C24H33NO3/c1-24(2,3)23(27)28-16-10-15-22(19-26)25(17-20-11-6-4-7-12-20)18-21-13-8-5-9-14-21/h4-9,11-14,22,26H,10,15-19H2,1-3H3. The van der Waals surface area contributed by atoms with E-state index in [9.17, 15) is 9.90 Å². The summed E-state index contributed by atoms with van der Waals surface area (Å²) in [7, 11) is 0. The normalized spacial score (nSPS) is 12.8. The third-order valence-electron chi connectivity index (χ3n) is 4.71. The number of esters is 1. The number of benzene rings is 2. The summed E-state index contributed by atoms with van der Waals surface area (Å²) in [6, 6.07) is 20.6. The lowest BCUT2D eigenvalue weighted by molar-refractivity contribution is -0.153. The number of carbonyl (C=O) groups excluding carboxylic acids is 1. The topological polar surface area (TPSA) is 49.8 Å². The molecule has 28 heavy (non-hydrogen) atoms. The van der Waals surface area contributed by atoms with Crippen molar-refractivity contribution in [3.63, 3.8) is 0 Å². The number of hydrogen-bond donors (Lipinski definition) is 1. The lowest BCUT2D eigenvalue weighted by atomic mass is 9.97. The molecule has 1 unspecified atom stereocenters. The van der Waals surface area contributed by atoms with Crippen molar-refractivity contribution in [2.45, 2.75) is 52.7 Å². The molecule has 0 spiro atoms. The Balaban J connectivity index is 1.98. The summed E-state index contributed by atoms with van der Waals surface area (Å²) < 4.78 is 5.38. The van der Waals surface area contributed by atoms with Gasteiger partial charge in [0.1, 0.15) is 0 Å². The van der Waals surface area contributed by atoms with E-state index in [2.05, 4.69) is 29.2 Å². The SMILES string of the molecule is CC(C)(C)C(=O)OCCCC(CO)N(Cc1ccccc1)Cc1ccccc1. The molecule has 1 N–H and O–H groups in total. The Hall–Kier alpha value is -2.17. The zero-order valence-electron chi connectivity index (χ0n) is 17.3. The van der Waals surface area contributed by atoms with Gasteiger partial charge >= 0.3 is 5.97 Å². The van der Waals surface area contributed by atoms with Gasteiger partial charge in [-0.25, -0.2) is 0 Å². The molecule has 0 fully saturated rings. The highest BCUT2D eigenvalue weighted by molar-refractivity contribution is 5.75. The Morgan fingerprint density at radius 3 is 1.89 bits per heavy atom. The molecule has 152 valence electrons. The Morgan fingerprint density at radius 1 is 0.964 bits per heavy atom. The van der Waals surface area contributed by atoms with Crippen molar-refractivity contribution in [1.82, 2.24) is 4.90 Å². The fourth-order valence-electron chi connectivity index (χ4n) is 3.04. The Bertz CT molecular complexity index is 653. The van der Waals surface area contributed by atoms with E-state index < -0.39 is 5.41 Å². The molecule has 0 aliphatic rings. The first-order valence-corrected chi connectivity index (χ1v) is 10.00. The van der Waals surface area contributed by atoms with Crippen LogP contribution in [0.3, 0.4) is 0 Å². The molecule has 1 atom stereocenters. The van der Waals surface area contributed by atoms with Gasteiger partial charge in [0, 0.05) is 19.1 Å². The van der Waals surface area contributed by atoms with Crippen molar-refractivity contribution < 1.29 is 14.6 Å². The molecule has 0 aliphatic heterocycles. The highest BCUT2D eigenvalue weighted by atomic mass is 16.5. The van der Waals surface area contributed by atoms with E-state index in [0.29, 0.717) is 6.61 Å². The molecule has 0 amide bonds. The fraction of sp³-hybridized carbons (Fsp3) is 0.458. The molecule has 0 heterocycles. The monoisotopic (exact) mass is 383 g/mol. The van der Waals surface area contributed by atoms with E-state index in [4.69, 9.17) is 4.74 Å². The van der Waals surface area contributed by atoms with Crippen LogP contribution in [-0.4, -0.2) is 35.2 Å². The molecule has 0 saturated heterocycles. The van der Waals surface area contributed by atoms with Crippen molar-refractivity contribution in [1.29, 1.82) is 0 Å². The summed E-state index contributed by atoms with van der Waals surface area (Å²) in [5.74, 6) is -0.182. The fourth-order valence-corrected chi connectivity index (χ4v) is 3.04. The second-order valence-electron chi connectivity index (χ2n) is 8.24. The highest BCUT2D eigenvalue weighted by Crippen LogP contribution is 2.18. The van der Waals surface area contributed by atoms with Crippen LogP contribution < -0.4 is 0 Å². The maximum absolute atomic E-state index is 11.9. The quantitative estimate of drug-likeness (QED) is 0.487. The molecule has 2 aromatic carbocycles.